The minimum atomic E-state index is -0.280. The van der Waals surface area contributed by atoms with Crippen LogP contribution in [0, 0.1) is 6.92 Å². The molecule has 1 N–H and O–H groups in total. The van der Waals surface area contributed by atoms with Gasteiger partial charge in [-0.3, -0.25) is 14.2 Å². The van der Waals surface area contributed by atoms with Crippen molar-refractivity contribution < 1.29 is 9.53 Å². The van der Waals surface area contributed by atoms with E-state index >= 15 is 0 Å². The van der Waals surface area contributed by atoms with E-state index in [2.05, 4.69) is 12.2 Å². The van der Waals surface area contributed by atoms with Crippen molar-refractivity contribution in [2.75, 3.05) is 19.8 Å². The third-order valence-corrected chi connectivity index (χ3v) is 4.09. The molecule has 0 saturated carbocycles. The van der Waals surface area contributed by atoms with Gasteiger partial charge in [0.1, 0.15) is 5.70 Å². The van der Waals surface area contributed by atoms with Crippen LogP contribution in [0.25, 0.3) is 11.8 Å². The molecule has 27 heavy (non-hydrogen) atoms. The van der Waals surface area contributed by atoms with Crippen LogP contribution in [0.3, 0.4) is 0 Å². The molecule has 0 saturated heterocycles. The Bertz CT molecular complexity index is 807. The van der Waals surface area contributed by atoms with E-state index in [1.54, 1.807) is 24.4 Å². The summed E-state index contributed by atoms with van der Waals surface area (Å²) in [7, 11) is 0. The van der Waals surface area contributed by atoms with Crippen LogP contribution in [-0.4, -0.2) is 30.2 Å². The first-order valence-electron chi connectivity index (χ1n) is 9.44. The number of nitrogens with one attached hydrogen (secondary N) is 1. The number of carbonyl (C=O) groups is 1. The third kappa shape index (κ3) is 6.87. The quantitative estimate of drug-likeness (QED) is 0.516. The lowest BCUT2D eigenvalue weighted by Gasteiger charge is -2.12. The standard InChI is InChI=1S/C22H28N2O3/c1-3-4-15-27-16-7-13-23-22(26)20(24-14-6-5-8-21(24)25)17-19-11-9-18(2)10-12-19/h5-6,8-12,14,17H,3-4,7,13,15-16H2,1-2H3,(H,23,26)/b20-17+. The van der Waals surface area contributed by atoms with Crippen molar-refractivity contribution in [1.29, 1.82) is 0 Å². The molecule has 1 heterocycles. The Hall–Kier alpha value is -2.66. The summed E-state index contributed by atoms with van der Waals surface area (Å²) < 4.78 is 6.87. The number of aryl methyl sites for hydroxylation is 1. The van der Waals surface area contributed by atoms with Gasteiger partial charge >= 0.3 is 0 Å². The maximum Gasteiger partial charge on any atom is 0.268 e. The van der Waals surface area contributed by atoms with Gasteiger partial charge in [0.15, 0.2) is 0 Å². The normalized spacial score (nSPS) is 11.4. The average Bonchev–Trinajstić information content (AvgIpc) is 2.67. The number of unbranched alkanes of at least 4 members (excludes halogenated alkanes) is 1. The van der Waals surface area contributed by atoms with Crippen LogP contribution < -0.4 is 10.9 Å². The topological polar surface area (TPSA) is 60.3 Å². The van der Waals surface area contributed by atoms with Gasteiger partial charge in [-0.05, 0) is 37.5 Å². The summed E-state index contributed by atoms with van der Waals surface area (Å²) in [5.74, 6) is -0.280. The molecule has 2 aromatic rings. The number of ether oxygens (including phenoxy) is 1. The van der Waals surface area contributed by atoms with Gasteiger partial charge in [-0.15, -0.1) is 0 Å². The van der Waals surface area contributed by atoms with Crippen molar-refractivity contribution >= 4 is 17.7 Å². The van der Waals surface area contributed by atoms with Crippen molar-refractivity contribution in [3.05, 3.63) is 70.1 Å². The monoisotopic (exact) mass is 368 g/mol. The van der Waals surface area contributed by atoms with E-state index in [-0.39, 0.29) is 11.5 Å². The molecule has 1 aromatic heterocycles. The fourth-order valence-corrected chi connectivity index (χ4v) is 2.51. The number of benzene rings is 1. The molecule has 0 spiro atoms. The average molecular weight is 368 g/mol. The van der Waals surface area contributed by atoms with Crippen LogP contribution >= 0.6 is 0 Å². The first-order valence-corrected chi connectivity index (χ1v) is 9.44. The SMILES string of the molecule is CCCCOCCCNC(=O)/C(=C\c1ccc(C)cc1)n1ccccc1=O. The zero-order valence-electron chi connectivity index (χ0n) is 16.1. The molecule has 0 aliphatic carbocycles. The molecule has 0 aliphatic rings. The number of aromatic nitrogens is 1. The minimum Gasteiger partial charge on any atom is -0.381 e. The molecule has 2 rings (SSSR count). The molecule has 5 nitrogen and oxygen atoms in total. The maximum atomic E-state index is 12.7. The largest absolute Gasteiger partial charge is 0.381 e. The van der Waals surface area contributed by atoms with Gasteiger partial charge in [0.25, 0.3) is 11.5 Å². The summed E-state index contributed by atoms with van der Waals surface area (Å²) in [4.78, 5) is 24.9. The summed E-state index contributed by atoms with van der Waals surface area (Å²) in [6.07, 6.45) is 6.23. The molecule has 5 heteroatoms. The summed E-state index contributed by atoms with van der Waals surface area (Å²) in [6.45, 7) is 5.99. The summed E-state index contributed by atoms with van der Waals surface area (Å²) in [5.41, 5.74) is 2.06. The van der Waals surface area contributed by atoms with Gasteiger partial charge in [0.05, 0.1) is 0 Å². The fourth-order valence-electron chi connectivity index (χ4n) is 2.51. The highest BCUT2D eigenvalue weighted by Crippen LogP contribution is 2.12. The second-order valence-corrected chi connectivity index (χ2v) is 6.42. The second-order valence-electron chi connectivity index (χ2n) is 6.42. The molecule has 144 valence electrons. The Balaban J connectivity index is 2.08. The smallest absolute Gasteiger partial charge is 0.268 e. The zero-order valence-corrected chi connectivity index (χ0v) is 16.1. The fraction of sp³-hybridized carbons (Fsp3) is 0.364. The molecule has 0 unspecified atom stereocenters. The Kier molecular flexibility index (Phi) is 8.52. The number of hydrogen-bond acceptors (Lipinski definition) is 3. The summed E-state index contributed by atoms with van der Waals surface area (Å²) >= 11 is 0. The second kappa shape index (κ2) is 11.1. The molecule has 0 aliphatic heterocycles. The van der Waals surface area contributed by atoms with Crippen LogP contribution in [0.4, 0.5) is 0 Å². The van der Waals surface area contributed by atoms with Crippen LogP contribution in [0.2, 0.25) is 0 Å². The van der Waals surface area contributed by atoms with Crippen LogP contribution in [0.5, 0.6) is 0 Å². The Morgan fingerprint density at radius 2 is 1.85 bits per heavy atom. The van der Waals surface area contributed by atoms with Crippen LogP contribution in [0.1, 0.15) is 37.3 Å². The molecule has 0 fully saturated rings. The molecular formula is C22H28N2O3. The summed E-state index contributed by atoms with van der Waals surface area (Å²) in [6, 6.07) is 12.6. The first-order chi connectivity index (χ1) is 13.1. The van der Waals surface area contributed by atoms with E-state index in [1.165, 1.54) is 10.6 Å². The number of rotatable bonds is 10. The zero-order chi connectivity index (χ0) is 19.5. The maximum absolute atomic E-state index is 12.7. The number of hydrogen-bond donors (Lipinski definition) is 1. The molecule has 0 atom stereocenters. The van der Waals surface area contributed by atoms with Crippen molar-refractivity contribution in [3.8, 4) is 0 Å². The molecular weight excluding hydrogens is 340 g/mol. The predicted molar refractivity (Wildman–Crippen MR) is 109 cm³/mol. The van der Waals surface area contributed by atoms with E-state index in [1.807, 2.05) is 31.2 Å². The van der Waals surface area contributed by atoms with Crippen molar-refractivity contribution in [1.82, 2.24) is 9.88 Å². The Labute approximate surface area is 160 Å². The van der Waals surface area contributed by atoms with Gasteiger partial charge in [-0.2, -0.15) is 0 Å². The molecule has 1 amide bonds. The van der Waals surface area contributed by atoms with Gasteiger partial charge in [0, 0.05) is 32.0 Å². The van der Waals surface area contributed by atoms with Crippen molar-refractivity contribution in [2.24, 2.45) is 0 Å². The first kappa shape index (κ1) is 20.6. The number of carbonyl (C=O) groups excluding carboxylic acids is 1. The van der Waals surface area contributed by atoms with Gasteiger partial charge in [-0.1, -0.05) is 49.2 Å². The highest BCUT2D eigenvalue weighted by Gasteiger charge is 2.12. The number of amides is 1. The van der Waals surface area contributed by atoms with Crippen molar-refractivity contribution in [2.45, 2.75) is 33.1 Å². The highest BCUT2D eigenvalue weighted by atomic mass is 16.5. The molecule has 0 bridgehead atoms. The number of pyridine rings is 1. The third-order valence-electron chi connectivity index (χ3n) is 4.09. The lowest BCUT2D eigenvalue weighted by molar-refractivity contribution is -0.116. The van der Waals surface area contributed by atoms with E-state index in [4.69, 9.17) is 4.74 Å². The van der Waals surface area contributed by atoms with E-state index < -0.39 is 0 Å². The van der Waals surface area contributed by atoms with Gasteiger partial charge in [0.2, 0.25) is 0 Å². The number of nitrogens with zero attached hydrogens (tertiary/aromatic N) is 1. The van der Waals surface area contributed by atoms with Crippen molar-refractivity contribution in [3.63, 3.8) is 0 Å². The Morgan fingerprint density at radius 3 is 2.56 bits per heavy atom. The van der Waals surface area contributed by atoms with Crippen LogP contribution in [0.15, 0.2) is 53.5 Å². The van der Waals surface area contributed by atoms with Gasteiger partial charge < -0.3 is 10.1 Å². The van der Waals surface area contributed by atoms with E-state index in [0.29, 0.717) is 18.8 Å². The lowest BCUT2D eigenvalue weighted by atomic mass is 10.1. The van der Waals surface area contributed by atoms with E-state index in [0.717, 1.165) is 37.0 Å². The predicted octanol–water partition coefficient (Wildman–Crippen LogP) is 3.48. The van der Waals surface area contributed by atoms with E-state index in [9.17, 15) is 9.59 Å². The molecule has 0 radical (unpaired) electrons. The van der Waals surface area contributed by atoms with Gasteiger partial charge in [-0.25, -0.2) is 0 Å². The lowest BCUT2D eigenvalue weighted by Crippen LogP contribution is -2.31. The Morgan fingerprint density at radius 1 is 1.11 bits per heavy atom. The highest BCUT2D eigenvalue weighted by molar-refractivity contribution is 6.18. The molecule has 1 aromatic carbocycles. The van der Waals surface area contributed by atoms with Crippen LogP contribution in [-0.2, 0) is 9.53 Å². The minimum absolute atomic E-state index is 0.242. The summed E-state index contributed by atoms with van der Waals surface area (Å²) in [5, 5.41) is 2.88.